The Kier molecular flexibility index (Phi) is 6.29. The zero-order valence-corrected chi connectivity index (χ0v) is 11.8. The summed E-state index contributed by atoms with van der Waals surface area (Å²) in [6, 6.07) is 0.337. The molecule has 0 aromatic rings. The van der Waals surface area contributed by atoms with Crippen LogP contribution in [0.4, 0.5) is 0 Å². The molecular weight excluding hydrogens is 238 g/mol. The lowest BCUT2D eigenvalue weighted by Crippen LogP contribution is -2.51. The first kappa shape index (κ1) is 15.4. The molecular formula is C14H25N5. The molecule has 0 aromatic carbocycles. The summed E-state index contributed by atoms with van der Waals surface area (Å²) in [5.41, 5.74) is 6.44. The molecule has 0 aromatic heterocycles. The summed E-state index contributed by atoms with van der Waals surface area (Å²) in [5.74, 6) is 0.738. The number of amidine groups is 1. The van der Waals surface area contributed by atoms with Crippen molar-refractivity contribution in [2.75, 3.05) is 19.6 Å². The van der Waals surface area contributed by atoms with Crippen LogP contribution < -0.4 is 11.1 Å². The van der Waals surface area contributed by atoms with E-state index in [0.29, 0.717) is 11.9 Å². The zero-order valence-electron chi connectivity index (χ0n) is 11.8. The third-order valence-corrected chi connectivity index (χ3v) is 3.44. The van der Waals surface area contributed by atoms with Crippen molar-refractivity contribution in [1.82, 2.24) is 10.2 Å². The standard InChI is InChI=1S/C14H25N5/c1-3-5-14(17)19-9-11(12(7-15)8-16)6-13(10-19)18-4-2/h3,5,7-8,11,13,15,17-18H,4,6,9-10,16H2,1-2H3/b5-3-,12-8+,15-7?,17-14?. The second kappa shape index (κ2) is 7.74. The average molecular weight is 263 g/mol. The van der Waals surface area contributed by atoms with Gasteiger partial charge in [-0.25, -0.2) is 0 Å². The SMILES string of the molecule is C/C=C\C(=N)N1CC(NCC)CC(/C(C=N)=C/N)C1. The van der Waals surface area contributed by atoms with E-state index in [0.717, 1.165) is 31.6 Å². The molecule has 0 spiro atoms. The molecule has 5 nitrogen and oxygen atoms in total. The summed E-state index contributed by atoms with van der Waals surface area (Å²) in [4.78, 5) is 2.05. The second-order valence-corrected chi connectivity index (χ2v) is 4.79. The molecule has 0 radical (unpaired) electrons. The predicted molar refractivity (Wildman–Crippen MR) is 80.7 cm³/mol. The number of nitrogens with one attached hydrogen (secondary N) is 3. The first-order valence-electron chi connectivity index (χ1n) is 6.78. The maximum Gasteiger partial charge on any atom is 0.120 e. The predicted octanol–water partition coefficient (Wildman–Crippen LogP) is 1.33. The molecule has 1 fully saturated rings. The van der Waals surface area contributed by atoms with Crippen LogP contribution in [0.1, 0.15) is 20.3 Å². The number of hydrogen-bond donors (Lipinski definition) is 4. The van der Waals surface area contributed by atoms with Crippen molar-refractivity contribution >= 4 is 12.1 Å². The van der Waals surface area contributed by atoms with E-state index >= 15 is 0 Å². The van der Waals surface area contributed by atoms with Crippen molar-refractivity contribution in [3.8, 4) is 0 Å². The molecule has 0 amide bonds. The van der Waals surface area contributed by atoms with Crippen molar-refractivity contribution in [3.05, 3.63) is 23.9 Å². The lowest BCUT2D eigenvalue weighted by molar-refractivity contribution is 0.235. The molecule has 1 aliphatic heterocycles. The van der Waals surface area contributed by atoms with Gasteiger partial charge in [-0.2, -0.15) is 0 Å². The van der Waals surface area contributed by atoms with Crippen LogP contribution in [0.25, 0.3) is 0 Å². The van der Waals surface area contributed by atoms with Gasteiger partial charge in [0.25, 0.3) is 0 Å². The van der Waals surface area contributed by atoms with Gasteiger partial charge in [0.15, 0.2) is 0 Å². The number of nitrogens with zero attached hydrogens (tertiary/aromatic N) is 1. The Morgan fingerprint density at radius 1 is 1.47 bits per heavy atom. The number of rotatable bonds is 5. The van der Waals surface area contributed by atoms with E-state index in [-0.39, 0.29) is 5.92 Å². The molecule has 5 heteroatoms. The number of hydrogen-bond acceptors (Lipinski definition) is 4. The quantitative estimate of drug-likeness (QED) is 0.445. The molecule has 2 atom stereocenters. The first-order valence-corrected chi connectivity index (χ1v) is 6.78. The van der Waals surface area contributed by atoms with Crippen LogP contribution in [0.3, 0.4) is 0 Å². The van der Waals surface area contributed by atoms with Gasteiger partial charge >= 0.3 is 0 Å². The summed E-state index contributed by atoms with van der Waals surface area (Å²) in [6.07, 6.45) is 7.50. The third-order valence-electron chi connectivity index (χ3n) is 3.44. The maximum atomic E-state index is 8.05. The van der Waals surface area contributed by atoms with Gasteiger partial charge in [-0.3, -0.25) is 5.41 Å². The van der Waals surface area contributed by atoms with Gasteiger partial charge in [0, 0.05) is 31.3 Å². The highest BCUT2D eigenvalue weighted by molar-refractivity contribution is 5.90. The van der Waals surface area contributed by atoms with E-state index in [1.165, 1.54) is 12.4 Å². The van der Waals surface area contributed by atoms with E-state index < -0.39 is 0 Å². The fourth-order valence-corrected chi connectivity index (χ4v) is 2.54. The van der Waals surface area contributed by atoms with Crippen molar-refractivity contribution < 1.29 is 0 Å². The molecule has 2 unspecified atom stereocenters. The summed E-state index contributed by atoms with van der Waals surface area (Å²) < 4.78 is 0. The summed E-state index contributed by atoms with van der Waals surface area (Å²) in [5, 5.41) is 18.9. The van der Waals surface area contributed by atoms with Crippen molar-refractivity contribution in [2.24, 2.45) is 11.7 Å². The van der Waals surface area contributed by atoms with Crippen molar-refractivity contribution in [1.29, 1.82) is 10.8 Å². The van der Waals surface area contributed by atoms with Gasteiger partial charge in [-0.1, -0.05) is 13.0 Å². The Morgan fingerprint density at radius 2 is 2.21 bits per heavy atom. The Labute approximate surface area is 115 Å². The Hall–Kier alpha value is -1.62. The minimum atomic E-state index is 0.214. The number of allylic oxidation sites excluding steroid dienone is 1. The Balaban J connectivity index is 2.84. The van der Waals surface area contributed by atoms with Gasteiger partial charge in [-0.05, 0) is 37.7 Å². The molecule has 5 N–H and O–H groups in total. The molecule has 106 valence electrons. The largest absolute Gasteiger partial charge is 0.404 e. The highest BCUT2D eigenvalue weighted by atomic mass is 15.2. The Bertz CT molecular complexity index is 372. The first-order chi connectivity index (χ1) is 9.15. The van der Waals surface area contributed by atoms with Gasteiger partial charge in [-0.15, -0.1) is 0 Å². The van der Waals surface area contributed by atoms with Crippen LogP contribution in [0.15, 0.2) is 23.9 Å². The minimum Gasteiger partial charge on any atom is -0.404 e. The number of piperidine rings is 1. The van der Waals surface area contributed by atoms with Gasteiger partial charge in [0.2, 0.25) is 0 Å². The topological polar surface area (TPSA) is 89.0 Å². The fourth-order valence-electron chi connectivity index (χ4n) is 2.54. The number of likely N-dealkylation sites (tertiary alicyclic amines) is 1. The van der Waals surface area contributed by atoms with Crippen LogP contribution in [0.2, 0.25) is 0 Å². The molecule has 1 rings (SSSR count). The van der Waals surface area contributed by atoms with Crippen LogP contribution in [0, 0.1) is 16.7 Å². The average Bonchev–Trinajstić information content (AvgIpc) is 2.40. The van der Waals surface area contributed by atoms with E-state index in [9.17, 15) is 0 Å². The van der Waals surface area contributed by atoms with E-state index in [4.69, 9.17) is 16.6 Å². The normalized spacial score (nSPS) is 24.7. The molecule has 1 heterocycles. The van der Waals surface area contributed by atoms with Crippen LogP contribution >= 0.6 is 0 Å². The van der Waals surface area contributed by atoms with E-state index in [1.54, 1.807) is 0 Å². The number of likely N-dealkylation sites (N-methyl/N-ethyl adjacent to an activating group) is 1. The van der Waals surface area contributed by atoms with Crippen LogP contribution in [-0.2, 0) is 0 Å². The van der Waals surface area contributed by atoms with Gasteiger partial charge in [0.1, 0.15) is 5.84 Å². The zero-order chi connectivity index (χ0) is 14.3. The molecule has 1 saturated heterocycles. The van der Waals surface area contributed by atoms with Crippen molar-refractivity contribution in [2.45, 2.75) is 26.3 Å². The highest BCUT2D eigenvalue weighted by Crippen LogP contribution is 2.23. The van der Waals surface area contributed by atoms with Gasteiger partial charge in [0.05, 0.1) is 0 Å². The van der Waals surface area contributed by atoms with Crippen molar-refractivity contribution in [3.63, 3.8) is 0 Å². The highest BCUT2D eigenvalue weighted by Gasteiger charge is 2.29. The van der Waals surface area contributed by atoms with Gasteiger partial charge < -0.3 is 21.4 Å². The van der Waals surface area contributed by atoms with E-state index in [2.05, 4.69) is 17.1 Å². The number of nitrogens with two attached hydrogens (primary N) is 1. The molecule has 1 aliphatic rings. The maximum absolute atomic E-state index is 8.05. The molecule has 0 saturated carbocycles. The fraction of sp³-hybridized carbons (Fsp3) is 0.571. The lowest BCUT2D eigenvalue weighted by Gasteiger charge is -2.39. The summed E-state index contributed by atoms with van der Waals surface area (Å²) in [6.45, 7) is 6.50. The molecule has 0 bridgehead atoms. The second-order valence-electron chi connectivity index (χ2n) is 4.79. The van der Waals surface area contributed by atoms with Crippen LogP contribution in [-0.4, -0.2) is 42.6 Å². The van der Waals surface area contributed by atoms with E-state index in [1.807, 2.05) is 19.1 Å². The Morgan fingerprint density at radius 3 is 2.74 bits per heavy atom. The molecule has 19 heavy (non-hydrogen) atoms. The minimum absolute atomic E-state index is 0.214. The van der Waals surface area contributed by atoms with Crippen LogP contribution in [0.5, 0.6) is 0 Å². The summed E-state index contributed by atoms with van der Waals surface area (Å²) in [7, 11) is 0. The monoisotopic (exact) mass is 263 g/mol. The lowest BCUT2D eigenvalue weighted by atomic mass is 9.88. The third kappa shape index (κ3) is 4.21. The molecule has 0 aliphatic carbocycles. The summed E-state index contributed by atoms with van der Waals surface area (Å²) >= 11 is 0. The smallest absolute Gasteiger partial charge is 0.120 e.